The molecule has 17 heavy (non-hydrogen) atoms. The van der Waals surface area contributed by atoms with Gasteiger partial charge >= 0.3 is 12.3 Å². The number of ether oxygens (including phenoxy) is 1. The smallest absolute Gasteiger partial charge is 0.340 e. The van der Waals surface area contributed by atoms with Gasteiger partial charge in [-0.1, -0.05) is 12.1 Å². The van der Waals surface area contributed by atoms with Crippen LogP contribution in [0.5, 0.6) is 5.75 Å². The minimum atomic E-state index is -4.23. The van der Waals surface area contributed by atoms with Gasteiger partial charge < -0.3 is 4.74 Å². The number of halogens is 4. The molecule has 0 fully saturated rings. The number of hydrogen-bond acceptors (Lipinski definition) is 2. The van der Waals surface area contributed by atoms with E-state index in [-0.39, 0.29) is 11.3 Å². The molecule has 0 saturated carbocycles. The van der Waals surface area contributed by atoms with E-state index < -0.39 is 19.0 Å². The van der Waals surface area contributed by atoms with E-state index in [2.05, 4.69) is 4.74 Å². The molecule has 1 rings (SSSR count). The Hall–Kier alpha value is -1.77. The van der Waals surface area contributed by atoms with Crippen LogP contribution < -0.4 is 4.74 Å². The van der Waals surface area contributed by atoms with E-state index >= 15 is 0 Å². The summed E-state index contributed by atoms with van der Waals surface area (Å²) in [6.45, 7) is 0.0842. The van der Waals surface area contributed by atoms with Crippen molar-refractivity contribution >= 4 is 0 Å². The summed E-state index contributed by atoms with van der Waals surface area (Å²) in [6.07, 6.45) is -3.79. The van der Waals surface area contributed by atoms with E-state index in [0.29, 0.717) is 5.56 Å². The molecule has 6 heteroatoms. The second-order valence-electron chi connectivity index (χ2n) is 3.41. The molecule has 0 bridgehead atoms. The highest BCUT2D eigenvalue weighted by atomic mass is 19.3. The zero-order valence-electron chi connectivity index (χ0n) is 8.88. The van der Waals surface area contributed by atoms with E-state index in [0.717, 1.165) is 0 Å². The molecule has 0 spiro atoms. The first-order valence-corrected chi connectivity index (χ1v) is 4.67. The van der Waals surface area contributed by atoms with Crippen LogP contribution in [0.4, 0.5) is 17.6 Å². The molecular formula is C11H9F4NO. The first kappa shape index (κ1) is 13.3. The summed E-state index contributed by atoms with van der Waals surface area (Å²) in [7, 11) is 0. The quantitative estimate of drug-likeness (QED) is 0.766. The van der Waals surface area contributed by atoms with Crippen molar-refractivity contribution in [2.45, 2.75) is 19.3 Å². The number of rotatable bonds is 4. The van der Waals surface area contributed by atoms with Crippen LogP contribution in [0.1, 0.15) is 11.1 Å². The van der Waals surface area contributed by atoms with Crippen molar-refractivity contribution in [1.29, 1.82) is 5.26 Å². The number of benzene rings is 1. The van der Waals surface area contributed by atoms with Crippen LogP contribution in [0.3, 0.4) is 0 Å². The highest BCUT2D eigenvalue weighted by molar-refractivity contribution is 5.47. The summed E-state index contributed by atoms with van der Waals surface area (Å²) >= 11 is 0. The zero-order chi connectivity index (χ0) is 13.1. The maximum absolute atomic E-state index is 12.6. The Kier molecular flexibility index (Phi) is 3.94. The van der Waals surface area contributed by atoms with E-state index in [1.807, 2.05) is 0 Å². The van der Waals surface area contributed by atoms with Crippen molar-refractivity contribution in [1.82, 2.24) is 0 Å². The third kappa shape index (κ3) is 3.09. The number of para-hydroxylation sites is 1. The van der Waals surface area contributed by atoms with Gasteiger partial charge in [0.05, 0.1) is 5.56 Å². The Balaban J connectivity index is 2.87. The van der Waals surface area contributed by atoms with Crippen molar-refractivity contribution in [3.63, 3.8) is 0 Å². The van der Waals surface area contributed by atoms with Crippen molar-refractivity contribution in [3.8, 4) is 11.8 Å². The number of nitriles is 1. The lowest BCUT2D eigenvalue weighted by Gasteiger charge is -2.17. The van der Waals surface area contributed by atoms with Gasteiger partial charge in [-0.05, 0) is 18.6 Å². The Morgan fingerprint density at radius 3 is 2.59 bits per heavy atom. The molecule has 0 radical (unpaired) electrons. The van der Waals surface area contributed by atoms with Crippen molar-refractivity contribution in [2.24, 2.45) is 0 Å². The third-order valence-electron chi connectivity index (χ3n) is 2.06. The molecule has 2 nitrogen and oxygen atoms in total. The summed E-state index contributed by atoms with van der Waals surface area (Å²) in [6, 6.07) is 6.19. The molecule has 92 valence electrons. The SMILES string of the molecule is Cc1cccc(C#N)c1OCC(F)(F)C(F)F. The summed E-state index contributed by atoms with van der Waals surface area (Å²) in [4.78, 5) is 0. The standard InChI is InChI=1S/C11H9F4NO/c1-7-3-2-4-8(5-16)9(7)17-6-11(14,15)10(12)13/h2-4,10H,6H2,1H3. The van der Waals surface area contributed by atoms with E-state index in [9.17, 15) is 17.6 Å². The Morgan fingerprint density at radius 1 is 1.41 bits per heavy atom. The minimum absolute atomic E-state index is 0.0371. The maximum atomic E-state index is 12.6. The average molecular weight is 247 g/mol. The summed E-state index contributed by atoms with van der Waals surface area (Å²) in [5.74, 6) is -4.31. The van der Waals surface area contributed by atoms with Crippen LogP contribution in [0.15, 0.2) is 18.2 Å². The van der Waals surface area contributed by atoms with Crippen LogP contribution in [0, 0.1) is 18.3 Å². The highest BCUT2D eigenvalue weighted by Crippen LogP contribution is 2.27. The van der Waals surface area contributed by atoms with Crippen molar-refractivity contribution < 1.29 is 22.3 Å². The highest BCUT2D eigenvalue weighted by Gasteiger charge is 2.41. The lowest BCUT2D eigenvalue weighted by Crippen LogP contribution is -2.34. The molecule has 0 aliphatic carbocycles. The fraction of sp³-hybridized carbons (Fsp3) is 0.364. The second-order valence-corrected chi connectivity index (χ2v) is 3.41. The fourth-order valence-corrected chi connectivity index (χ4v) is 1.16. The topological polar surface area (TPSA) is 33.0 Å². The first-order chi connectivity index (χ1) is 7.88. The van der Waals surface area contributed by atoms with Crippen LogP contribution >= 0.6 is 0 Å². The Morgan fingerprint density at radius 2 is 2.06 bits per heavy atom. The molecule has 0 aliphatic heterocycles. The minimum Gasteiger partial charge on any atom is -0.485 e. The summed E-state index contributed by atoms with van der Waals surface area (Å²) in [5, 5.41) is 8.72. The lowest BCUT2D eigenvalue weighted by atomic mass is 10.1. The molecular weight excluding hydrogens is 238 g/mol. The van der Waals surface area contributed by atoms with Gasteiger partial charge in [0.25, 0.3) is 0 Å². The lowest BCUT2D eigenvalue weighted by molar-refractivity contribution is -0.148. The fourth-order valence-electron chi connectivity index (χ4n) is 1.16. The van der Waals surface area contributed by atoms with E-state index in [4.69, 9.17) is 5.26 Å². The van der Waals surface area contributed by atoms with Crippen LogP contribution in [-0.4, -0.2) is 19.0 Å². The van der Waals surface area contributed by atoms with Crippen molar-refractivity contribution in [3.05, 3.63) is 29.3 Å². The molecule has 0 atom stereocenters. The molecule has 0 aliphatic rings. The van der Waals surface area contributed by atoms with Crippen LogP contribution in [0.25, 0.3) is 0 Å². The molecule has 0 N–H and O–H groups in total. The van der Waals surface area contributed by atoms with Gasteiger partial charge in [0.2, 0.25) is 0 Å². The number of aryl methyl sites for hydroxylation is 1. The Labute approximate surface area is 95.4 Å². The van der Waals surface area contributed by atoms with Gasteiger partial charge in [-0.15, -0.1) is 0 Å². The van der Waals surface area contributed by atoms with Gasteiger partial charge in [0, 0.05) is 0 Å². The number of nitrogens with zero attached hydrogens (tertiary/aromatic N) is 1. The van der Waals surface area contributed by atoms with Gasteiger partial charge in [-0.3, -0.25) is 0 Å². The second kappa shape index (κ2) is 5.04. The third-order valence-corrected chi connectivity index (χ3v) is 2.06. The predicted octanol–water partition coefficient (Wildman–Crippen LogP) is 3.15. The average Bonchev–Trinajstić information content (AvgIpc) is 2.26. The monoisotopic (exact) mass is 247 g/mol. The van der Waals surface area contributed by atoms with Gasteiger partial charge in [-0.2, -0.15) is 14.0 Å². The molecule has 0 aromatic heterocycles. The van der Waals surface area contributed by atoms with E-state index in [1.54, 1.807) is 12.1 Å². The number of alkyl halides is 4. The van der Waals surface area contributed by atoms with E-state index in [1.165, 1.54) is 19.1 Å². The summed E-state index contributed by atoms with van der Waals surface area (Å²) in [5.41, 5.74) is 0.476. The largest absolute Gasteiger partial charge is 0.485 e. The normalized spacial score (nSPS) is 11.4. The molecule has 1 aromatic carbocycles. The molecule has 0 heterocycles. The molecule has 0 amide bonds. The van der Waals surface area contributed by atoms with Gasteiger partial charge in [0.1, 0.15) is 11.8 Å². The van der Waals surface area contributed by atoms with Crippen LogP contribution in [-0.2, 0) is 0 Å². The Bertz CT molecular complexity index is 440. The predicted molar refractivity (Wildman–Crippen MR) is 52.3 cm³/mol. The van der Waals surface area contributed by atoms with Crippen LogP contribution in [0.2, 0.25) is 0 Å². The van der Waals surface area contributed by atoms with Gasteiger partial charge in [0.15, 0.2) is 6.61 Å². The molecule has 0 saturated heterocycles. The zero-order valence-corrected chi connectivity index (χ0v) is 8.88. The molecule has 0 unspecified atom stereocenters. The van der Waals surface area contributed by atoms with Gasteiger partial charge in [-0.25, -0.2) is 8.78 Å². The number of hydrogen-bond donors (Lipinski definition) is 0. The summed E-state index contributed by atoms with van der Waals surface area (Å²) < 4.78 is 53.7. The van der Waals surface area contributed by atoms with Crippen molar-refractivity contribution in [2.75, 3.05) is 6.61 Å². The molecule has 1 aromatic rings. The maximum Gasteiger partial charge on any atom is 0.340 e. The first-order valence-electron chi connectivity index (χ1n) is 4.67.